The Hall–Kier alpha value is -0.380. The normalized spacial score (nSPS) is 17.1. The van der Waals surface area contributed by atoms with Gasteiger partial charge in [0.1, 0.15) is 0 Å². The summed E-state index contributed by atoms with van der Waals surface area (Å²) in [5, 5.41) is 0.592. The minimum absolute atomic E-state index is 0.167. The van der Waals surface area contributed by atoms with E-state index in [2.05, 4.69) is 15.9 Å². The number of carbonyl (C=O) groups excluding carboxylic acids is 1. The molecule has 0 radical (unpaired) electrons. The Kier molecular flexibility index (Phi) is 4.60. The molecule has 0 saturated carbocycles. The largest absolute Gasteiger partial charge is 0.381 e. The van der Waals surface area contributed by atoms with Crippen LogP contribution in [-0.2, 0) is 4.74 Å². The zero-order valence-electron chi connectivity index (χ0n) is 9.42. The first-order chi connectivity index (χ1) is 8.15. The van der Waals surface area contributed by atoms with Crippen LogP contribution < -0.4 is 0 Å². The molecule has 1 aliphatic heterocycles. The maximum Gasteiger partial charge on any atom is 0.163 e. The van der Waals surface area contributed by atoms with E-state index >= 15 is 0 Å². The first-order valence-corrected chi connectivity index (χ1v) is 6.89. The lowest BCUT2D eigenvalue weighted by Gasteiger charge is -2.21. The van der Waals surface area contributed by atoms with Crippen molar-refractivity contribution in [1.29, 1.82) is 0 Å². The summed E-state index contributed by atoms with van der Waals surface area (Å²) >= 11 is 9.28. The topological polar surface area (TPSA) is 26.3 Å². The Morgan fingerprint density at radius 3 is 2.71 bits per heavy atom. The number of hydrogen-bond acceptors (Lipinski definition) is 2. The maximum atomic E-state index is 12.1. The molecule has 1 aromatic rings. The van der Waals surface area contributed by atoms with Crippen molar-refractivity contribution in [2.24, 2.45) is 5.92 Å². The second-order valence-electron chi connectivity index (χ2n) is 4.34. The highest BCUT2D eigenvalue weighted by Gasteiger charge is 2.18. The van der Waals surface area contributed by atoms with Crippen LogP contribution in [0.2, 0.25) is 5.02 Å². The molecule has 0 aromatic heterocycles. The van der Waals surface area contributed by atoms with E-state index in [0.717, 1.165) is 30.5 Å². The highest BCUT2D eigenvalue weighted by Crippen LogP contribution is 2.24. The highest BCUT2D eigenvalue weighted by molar-refractivity contribution is 9.10. The van der Waals surface area contributed by atoms with Gasteiger partial charge in [0, 0.05) is 34.7 Å². The van der Waals surface area contributed by atoms with Crippen LogP contribution in [-0.4, -0.2) is 19.0 Å². The van der Waals surface area contributed by atoms with E-state index in [1.54, 1.807) is 12.1 Å². The van der Waals surface area contributed by atoms with Crippen molar-refractivity contribution in [3.05, 3.63) is 33.3 Å². The molecule has 1 heterocycles. The predicted molar refractivity (Wildman–Crippen MR) is 71.6 cm³/mol. The second kappa shape index (κ2) is 5.98. The monoisotopic (exact) mass is 316 g/mol. The summed E-state index contributed by atoms with van der Waals surface area (Å²) in [7, 11) is 0. The van der Waals surface area contributed by atoms with Crippen molar-refractivity contribution in [2.75, 3.05) is 13.2 Å². The van der Waals surface area contributed by atoms with Crippen LogP contribution in [0.4, 0.5) is 0 Å². The van der Waals surface area contributed by atoms with Crippen LogP contribution in [0.25, 0.3) is 0 Å². The summed E-state index contributed by atoms with van der Waals surface area (Å²) in [6.45, 7) is 1.55. The molecule has 0 unspecified atom stereocenters. The van der Waals surface area contributed by atoms with E-state index in [-0.39, 0.29) is 5.78 Å². The second-order valence-corrected chi connectivity index (χ2v) is 5.69. The van der Waals surface area contributed by atoms with Gasteiger partial charge in [0.25, 0.3) is 0 Å². The number of rotatable bonds is 3. The molecule has 0 N–H and O–H groups in total. The van der Waals surface area contributed by atoms with Crippen LogP contribution in [0, 0.1) is 5.92 Å². The molecule has 2 rings (SSSR count). The summed E-state index contributed by atoms with van der Waals surface area (Å²) in [4.78, 5) is 12.1. The molecule has 4 heteroatoms. The molecular formula is C13H14BrClO2. The smallest absolute Gasteiger partial charge is 0.163 e. The van der Waals surface area contributed by atoms with Crippen LogP contribution >= 0.6 is 27.5 Å². The van der Waals surface area contributed by atoms with Crippen LogP contribution in [0.5, 0.6) is 0 Å². The van der Waals surface area contributed by atoms with E-state index in [9.17, 15) is 4.79 Å². The first kappa shape index (κ1) is 13.1. The zero-order valence-corrected chi connectivity index (χ0v) is 11.8. The van der Waals surface area contributed by atoms with Gasteiger partial charge < -0.3 is 4.74 Å². The summed E-state index contributed by atoms with van der Waals surface area (Å²) in [5.74, 6) is 0.620. The molecule has 17 heavy (non-hydrogen) atoms. The summed E-state index contributed by atoms with van der Waals surface area (Å²) in [6.07, 6.45) is 2.55. The molecule has 1 aromatic carbocycles. The molecule has 0 atom stereocenters. The minimum Gasteiger partial charge on any atom is -0.381 e. The summed E-state index contributed by atoms with van der Waals surface area (Å²) in [6, 6.07) is 5.34. The van der Waals surface area contributed by atoms with Crippen LogP contribution in [0.15, 0.2) is 22.7 Å². The van der Waals surface area contributed by atoms with Gasteiger partial charge in [-0.15, -0.1) is 0 Å². The SMILES string of the molecule is O=C(CC1CCOCC1)c1cc(Cl)cc(Br)c1. The van der Waals surface area contributed by atoms with Crippen LogP contribution in [0.1, 0.15) is 29.6 Å². The molecule has 1 saturated heterocycles. The molecule has 1 aliphatic rings. The van der Waals surface area contributed by atoms with E-state index in [1.807, 2.05) is 6.07 Å². The average molecular weight is 318 g/mol. The Morgan fingerprint density at radius 1 is 1.35 bits per heavy atom. The van der Waals surface area contributed by atoms with Gasteiger partial charge in [-0.1, -0.05) is 27.5 Å². The number of halogens is 2. The lowest BCUT2D eigenvalue weighted by Crippen LogP contribution is -2.18. The van der Waals surface area contributed by atoms with E-state index < -0.39 is 0 Å². The van der Waals surface area contributed by atoms with Crippen molar-refractivity contribution < 1.29 is 9.53 Å². The van der Waals surface area contributed by atoms with Crippen molar-refractivity contribution in [3.63, 3.8) is 0 Å². The molecule has 2 nitrogen and oxygen atoms in total. The van der Waals surface area contributed by atoms with Gasteiger partial charge in [0.2, 0.25) is 0 Å². The van der Waals surface area contributed by atoms with Gasteiger partial charge in [0.15, 0.2) is 5.78 Å². The minimum atomic E-state index is 0.167. The van der Waals surface area contributed by atoms with Gasteiger partial charge in [-0.05, 0) is 37.0 Å². The molecule has 0 aliphatic carbocycles. The third-order valence-corrected chi connectivity index (χ3v) is 3.68. The van der Waals surface area contributed by atoms with E-state index in [4.69, 9.17) is 16.3 Å². The molecule has 1 fully saturated rings. The third kappa shape index (κ3) is 3.80. The Bertz CT molecular complexity index is 394. The number of Topliss-reactive ketones (excluding diaryl/α,β-unsaturated/α-hetero) is 1. The van der Waals surface area contributed by atoms with Gasteiger partial charge >= 0.3 is 0 Å². The number of ether oxygens (including phenoxy) is 1. The molecular weight excluding hydrogens is 303 g/mol. The number of benzene rings is 1. The highest BCUT2D eigenvalue weighted by atomic mass is 79.9. The van der Waals surface area contributed by atoms with Crippen molar-refractivity contribution in [3.8, 4) is 0 Å². The van der Waals surface area contributed by atoms with Crippen LogP contribution in [0.3, 0.4) is 0 Å². The molecule has 0 bridgehead atoms. The number of carbonyl (C=O) groups is 1. The number of hydrogen-bond donors (Lipinski definition) is 0. The van der Waals surface area contributed by atoms with Crippen molar-refractivity contribution in [1.82, 2.24) is 0 Å². The van der Waals surface area contributed by atoms with Crippen molar-refractivity contribution in [2.45, 2.75) is 19.3 Å². The maximum absolute atomic E-state index is 12.1. The molecule has 92 valence electrons. The average Bonchev–Trinajstić information content (AvgIpc) is 2.29. The fourth-order valence-corrected chi connectivity index (χ4v) is 2.91. The van der Waals surface area contributed by atoms with Gasteiger partial charge in [-0.2, -0.15) is 0 Å². The van der Waals surface area contributed by atoms with Gasteiger partial charge in [-0.3, -0.25) is 4.79 Å². The molecule has 0 amide bonds. The fraction of sp³-hybridized carbons (Fsp3) is 0.462. The van der Waals surface area contributed by atoms with Gasteiger partial charge in [0.05, 0.1) is 0 Å². The fourth-order valence-electron chi connectivity index (χ4n) is 2.05. The molecule has 0 spiro atoms. The number of ketones is 1. The standard InChI is InChI=1S/C13H14BrClO2/c14-11-6-10(7-12(15)8-11)13(16)5-9-1-3-17-4-2-9/h6-9H,1-5H2. The van der Waals surface area contributed by atoms with E-state index in [1.165, 1.54) is 0 Å². The third-order valence-electron chi connectivity index (χ3n) is 3.00. The Balaban J connectivity index is 2.03. The lowest BCUT2D eigenvalue weighted by atomic mass is 9.92. The Labute approximate surface area is 114 Å². The first-order valence-electron chi connectivity index (χ1n) is 5.72. The quantitative estimate of drug-likeness (QED) is 0.785. The predicted octanol–water partition coefficient (Wildman–Crippen LogP) is 4.10. The van der Waals surface area contributed by atoms with Crippen molar-refractivity contribution >= 4 is 33.3 Å². The van der Waals surface area contributed by atoms with Gasteiger partial charge in [-0.25, -0.2) is 0 Å². The summed E-state index contributed by atoms with van der Waals surface area (Å²) < 4.78 is 6.13. The van der Waals surface area contributed by atoms with E-state index in [0.29, 0.717) is 22.9 Å². The lowest BCUT2D eigenvalue weighted by molar-refractivity contribution is 0.0601. The Morgan fingerprint density at radius 2 is 2.06 bits per heavy atom. The zero-order chi connectivity index (χ0) is 12.3. The summed E-state index contributed by atoms with van der Waals surface area (Å²) in [5.41, 5.74) is 0.691.